The van der Waals surface area contributed by atoms with E-state index in [2.05, 4.69) is 10.3 Å². The highest BCUT2D eigenvalue weighted by Gasteiger charge is 2.15. The van der Waals surface area contributed by atoms with Gasteiger partial charge in [-0.15, -0.1) is 0 Å². The molecular formula is C11H18N2O3S. The molecule has 0 aromatic carbocycles. The quantitative estimate of drug-likeness (QED) is 0.616. The highest BCUT2D eigenvalue weighted by Crippen LogP contribution is 2.07. The van der Waals surface area contributed by atoms with Crippen LogP contribution in [0.3, 0.4) is 0 Å². The number of hydrogen-bond donors (Lipinski definition) is 2. The number of carbonyl (C=O) groups is 1. The van der Waals surface area contributed by atoms with Crippen molar-refractivity contribution in [2.24, 2.45) is 0 Å². The molecule has 0 aliphatic rings. The fourth-order valence-electron chi connectivity index (χ4n) is 1.21. The molecule has 0 spiro atoms. The molecule has 0 saturated heterocycles. The average Bonchev–Trinajstić information content (AvgIpc) is 2.56. The third-order valence-electron chi connectivity index (χ3n) is 1.81. The minimum atomic E-state index is -0.435. The molecule has 0 saturated carbocycles. The fourth-order valence-corrected chi connectivity index (χ4v) is 1.79. The Morgan fingerprint density at radius 3 is 2.76 bits per heavy atom. The van der Waals surface area contributed by atoms with Crippen molar-refractivity contribution in [3.8, 4) is 0 Å². The molecule has 96 valence electrons. The lowest BCUT2D eigenvalue weighted by Gasteiger charge is -2.19. The van der Waals surface area contributed by atoms with Gasteiger partial charge in [-0.1, -0.05) is 11.3 Å². The zero-order valence-corrected chi connectivity index (χ0v) is 11.1. The lowest BCUT2D eigenvalue weighted by Crippen LogP contribution is -2.26. The van der Waals surface area contributed by atoms with E-state index in [0.29, 0.717) is 19.5 Å². The first-order valence-electron chi connectivity index (χ1n) is 5.46. The molecule has 1 rings (SSSR count). The number of ether oxygens (including phenoxy) is 1. The van der Waals surface area contributed by atoms with Crippen LogP contribution in [-0.4, -0.2) is 23.1 Å². The van der Waals surface area contributed by atoms with E-state index in [1.54, 1.807) is 5.38 Å². The molecule has 1 aromatic heterocycles. The van der Waals surface area contributed by atoms with Crippen molar-refractivity contribution in [2.45, 2.75) is 39.3 Å². The van der Waals surface area contributed by atoms with Gasteiger partial charge in [0.15, 0.2) is 0 Å². The maximum Gasteiger partial charge on any atom is 0.307 e. The summed E-state index contributed by atoms with van der Waals surface area (Å²) in [4.78, 5) is 24.8. The van der Waals surface area contributed by atoms with Crippen molar-refractivity contribution in [3.05, 3.63) is 20.7 Å². The first kappa shape index (κ1) is 13.9. The van der Waals surface area contributed by atoms with Crippen molar-refractivity contribution >= 4 is 17.3 Å². The van der Waals surface area contributed by atoms with Crippen molar-refractivity contribution in [1.29, 1.82) is 0 Å². The van der Waals surface area contributed by atoms with E-state index in [0.717, 1.165) is 17.0 Å². The van der Waals surface area contributed by atoms with Gasteiger partial charge in [-0.05, 0) is 20.8 Å². The third-order valence-corrected chi connectivity index (χ3v) is 2.53. The summed E-state index contributed by atoms with van der Waals surface area (Å²) < 4.78 is 5.16. The van der Waals surface area contributed by atoms with Gasteiger partial charge in [0.05, 0.1) is 6.42 Å². The number of nitrogens with one attached hydrogen (secondary N) is 2. The van der Waals surface area contributed by atoms with Crippen LogP contribution < -0.4 is 10.2 Å². The van der Waals surface area contributed by atoms with Crippen LogP contribution >= 0.6 is 11.3 Å². The molecule has 0 radical (unpaired) electrons. The van der Waals surface area contributed by atoms with Crippen LogP contribution in [0, 0.1) is 0 Å². The Labute approximate surface area is 104 Å². The maximum atomic E-state index is 11.4. The van der Waals surface area contributed by atoms with Gasteiger partial charge in [0.25, 0.3) is 0 Å². The van der Waals surface area contributed by atoms with E-state index < -0.39 is 5.60 Å². The zero-order valence-electron chi connectivity index (χ0n) is 10.3. The predicted octanol–water partition coefficient (Wildman–Crippen LogP) is 1.26. The fraction of sp³-hybridized carbons (Fsp3) is 0.636. The van der Waals surface area contributed by atoms with Crippen LogP contribution in [0.1, 0.15) is 32.9 Å². The largest absolute Gasteiger partial charge is 0.460 e. The number of thiazole rings is 1. The normalized spacial score (nSPS) is 11.5. The smallest absolute Gasteiger partial charge is 0.307 e. The van der Waals surface area contributed by atoms with Gasteiger partial charge in [-0.3, -0.25) is 9.59 Å². The Kier molecular flexibility index (Phi) is 4.89. The molecule has 0 aliphatic heterocycles. The summed E-state index contributed by atoms with van der Waals surface area (Å²) in [6.07, 6.45) is 0.325. The molecule has 17 heavy (non-hydrogen) atoms. The molecule has 1 aromatic rings. The summed E-state index contributed by atoms with van der Waals surface area (Å²) in [5.74, 6) is -0.219. The van der Waals surface area contributed by atoms with E-state index in [9.17, 15) is 9.59 Å². The molecule has 0 bridgehead atoms. The first-order chi connectivity index (χ1) is 7.87. The molecule has 0 atom stereocenters. The highest BCUT2D eigenvalue weighted by atomic mass is 32.1. The number of carbonyl (C=O) groups excluding carboxylic acids is 1. The predicted molar refractivity (Wildman–Crippen MR) is 67.1 cm³/mol. The van der Waals surface area contributed by atoms with Gasteiger partial charge in [0.1, 0.15) is 5.60 Å². The Bertz CT molecular complexity index is 417. The second-order valence-corrected chi connectivity index (χ2v) is 5.53. The minimum Gasteiger partial charge on any atom is -0.460 e. The molecule has 0 fully saturated rings. The Hall–Kier alpha value is -1.14. The second-order valence-electron chi connectivity index (χ2n) is 4.69. The van der Waals surface area contributed by atoms with Gasteiger partial charge < -0.3 is 15.0 Å². The summed E-state index contributed by atoms with van der Waals surface area (Å²) in [5, 5.41) is 4.83. The molecular weight excluding hydrogens is 240 g/mol. The van der Waals surface area contributed by atoms with E-state index in [1.807, 2.05) is 20.8 Å². The van der Waals surface area contributed by atoms with Gasteiger partial charge in [0, 0.05) is 24.2 Å². The van der Waals surface area contributed by atoms with Crippen LogP contribution in [-0.2, 0) is 16.1 Å². The number of H-pyrrole nitrogens is 1. The summed E-state index contributed by atoms with van der Waals surface area (Å²) in [7, 11) is 0. The average molecular weight is 258 g/mol. The number of aromatic nitrogens is 1. The van der Waals surface area contributed by atoms with Crippen molar-refractivity contribution in [1.82, 2.24) is 10.3 Å². The van der Waals surface area contributed by atoms with E-state index in [4.69, 9.17) is 4.74 Å². The summed E-state index contributed by atoms with van der Waals surface area (Å²) in [5.41, 5.74) is 0.402. The van der Waals surface area contributed by atoms with Crippen molar-refractivity contribution in [3.63, 3.8) is 0 Å². The van der Waals surface area contributed by atoms with Crippen LogP contribution in [0.2, 0.25) is 0 Å². The summed E-state index contributed by atoms with van der Waals surface area (Å²) in [6, 6.07) is 0. The van der Waals surface area contributed by atoms with E-state index in [1.165, 1.54) is 0 Å². The van der Waals surface area contributed by atoms with Gasteiger partial charge in [-0.25, -0.2) is 0 Å². The first-order valence-corrected chi connectivity index (χ1v) is 6.34. The standard InChI is InChI=1S/C11H18N2O3S/c1-11(2,3)16-9(14)4-5-12-6-8-7-17-10(15)13-8/h7,12H,4-6H2,1-3H3,(H,13,15). The summed E-state index contributed by atoms with van der Waals surface area (Å²) >= 11 is 1.13. The molecule has 2 N–H and O–H groups in total. The van der Waals surface area contributed by atoms with Crippen LogP contribution in [0.5, 0.6) is 0 Å². The summed E-state index contributed by atoms with van der Waals surface area (Å²) in [6.45, 7) is 6.62. The minimum absolute atomic E-state index is 0.0612. The number of aromatic amines is 1. The molecule has 0 aliphatic carbocycles. The maximum absolute atomic E-state index is 11.4. The Morgan fingerprint density at radius 2 is 2.24 bits per heavy atom. The second kappa shape index (κ2) is 5.97. The number of esters is 1. The molecule has 6 heteroatoms. The van der Waals surface area contributed by atoms with Gasteiger partial charge in [-0.2, -0.15) is 0 Å². The number of rotatable bonds is 5. The van der Waals surface area contributed by atoms with Crippen molar-refractivity contribution < 1.29 is 9.53 Å². The zero-order chi connectivity index (χ0) is 12.9. The molecule has 0 unspecified atom stereocenters. The van der Waals surface area contributed by atoms with Gasteiger partial charge >= 0.3 is 10.8 Å². The van der Waals surface area contributed by atoms with Crippen LogP contribution in [0.15, 0.2) is 10.2 Å². The van der Waals surface area contributed by atoms with Crippen LogP contribution in [0.4, 0.5) is 0 Å². The molecule has 0 amide bonds. The number of hydrogen-bond acceptors (Lipinski definition) is 5. The Morgan fingerprint density at radius 1 is 1.53 bits per heavy atom. The topological polar surface area (TPSA) is 71.2 Å². The highest BCUT2D eigenvalue weighted by molar-refractivity contribution is 7.07. The monoisotopic (exact) mass is 258 g/mol. The third kappa shape index (κ3) is 6.23. The lowest BCUT2D eigenvalue weighted by atomic mass is 10.2. The van der Waals surface area contributed by atoms with Crippen molar-refractivity contribution in [2.75, 3.05) is 6.54 Å². The molecule has 5 nitrogen and oxygen atoms in total. The SMILES string of the molecule is CC(C)(C)OC(=O)CCNCc1csc(=O)[nH]1. The Balaban J connectivity index is 2.16. The molecule has 1 heterocycles. The lowest BCUT2D eigenvalue weighted by molar-refractivity contribution is -0.154. The van der Waals surface area contributed by atoms with Gasteiger partial charge in [0.2, 0.25) is 0 Å². The van der Waals surface area contributed by atoms with E-state index in [-0.39, 0.29) is 10.8 Å². The van der Waals surface area contributed by atoms with Crippen LogP contribution in [0.25, 0.3) is 0 Å². The van der Waals surface area contributed by atoms with E-state index >= 15 is 0 Å².